The SMILES string of the molecule is CC(C)(CN)CC(N)(Cl)Cl. The van der Waals surface area contributed by atoms with Crippen molar-refractivity contribution in [3.05, 3.63) is 0 Å². The third-order valence-electron chi connectivity index (χ3n) is 1.27. The normalized spacial score (nSPS) is 13.8. The fraction of sp³-hybridized carbons (Fsp3) is 1.00. The van der Waals surface area contributed by atoms with Crippen molar-refractivity contribution in [2.75, 3.05) is 6.54 Å². The second kappa shape index (κ2) is 3.26. The van der Waals surface area contributed by atoms with E-state index in [1.807, 2.05) is 13.8 Å². The fourth-order valence-corrected chi connectivity index (χ4v) is 1.43. The molecule has 4 heteroatoms. The van der Waals surface area contributed by atoms with Gasteiger partial charge in [0, 0.05) is 0 Å². The van der Waals surface area contributed by atoms with Crippen LogP contribution in [0.1, 0.15) is 20.3 Å². The first-order chi connectivity index (χ1) is 4.27. The highest BCUT2D eigenvalue weighted by atomic mass is 35.5. The largest absolute Gasteiger partial charge is 0.330 e. The summed E-state index contributed by atoms with van der Waals surface area (Å²) in [7, 11) is 0. The van der Waals surface area contributed by atoms with Crippen molar-refractivity contribution < 1.29 is 0 Å². The van der Waals surface area contributed by atoms with Crippen molar-refractivity contribution in [2.24, 2.45) is 16.9 Å². The van der Waals surface area contributed by atoms with E-state index < -0.39 is 4.46 Å². The topological polar surface area (TPSA) is 52.0 Å². The zero-order chi connectivity index (χ0) is 8.41. The minimum atomic E-state index is -1.15. The van der Waals surface area contributed by atoms with E-state index in [4.69, 9.17) is 34.7 Å². The van der Waals surface area contributed by atoms with Gasteiger partial charge in [0.15, 0.2) is 4.46 Å². The molecule has 0 heterocycles. The maximum atomic E-state index is 5.58. The van der Waals surface area contributed by atoms with Crippen LogP contribution in [0, 0.1) is 5.41 Å². The van der Waals surface area contributed by atoms with Gasteiger partial charge >= 0.3 is 0 Å². The summed E-state index contributed by atoms with van der Waals surface area (Å²) in [5.74, 6) is 0. The Labute approximate surface area is 71.9 Å². The van der Waals surface area contributed by atoms with Crippen LogP contribution in [0.4, 0.5) is 0 Å². The molecule has 0 amide bonds. The Morgan fingerprint density at radius 2 is 1.70 bits per heavy atom. The first-order valence-electron chi connectivity index (χ1n) is 3.14. The van der Waals surface area contributed by atoms with Gasteiger partial charge in [0.2, 0.25) is 0 Å². The van der Waals surface area contributed by atoms with E-state index in [1.165, 1.54) is 0 Å². The van der Waals surface area contributed by atoms with E-state index in [0.29, 0.717) is 13.0 Å². The van der Waals surface area contributed by atoms with Crippen LogP contribution in [0.3, 0.4) is 0 Å². The van der Waals surface area contributed by atoms with Crippen LogP contribution in [-0.2, 0) is 0 Å². The summed E-state index contributed by atoms with van der Waals surface area (Å²) in [4.78, 5) is 0. The van der Waals surface area contributed by atoms with Crippen LogP contribution in [0.5, 0.6) is 0 Å². The Kier molecular flexibility index (Phi) is 3.43. The van der Waals surface area contributed by atoms with Gasteiger partial charge in [-0.25, -0.2) is 0 Å². The summed E-state index contributed by atoms with van der Waals surface area (Å²) >= 11 is 11.2. The minimum Gasteiger partial charge on any atom is -0.330 e. The molecule has 0 saturated carbocycles. The van der Waals surface area contributed by atoms with Crippen molar-refractivity contribution in [1.29, 1.82) is 0 Å². The van der Waals surface area contributed by atoms with E-state index >= 15 is 0 Å². The lowest BCUT2D eigenvalue weighted by Gasteiger charge is -2.27. The number of rotatable bonds is 3. The van der Waals surface area contributed by atoms with Crippen LogP contribution < -0.4 is 11.5 Å². The monoisotopic (exact) mass is 184 g/mol. The predicted octanol–water partition coefficient (Wildman–Crippen LogP) is 1.45. The Hall–Kier alpha value is 0.500. The van der Waals surface area contributed by atoms with E-state index in [2.05, 4.69) is 0 Å². The van der Waals surface area contributed by atoms with Crippen LogP contribution in [0.15, 0.2) is 0 Å². The first-order valence-corrected chi connectivity index (χ1v) is 3.89. The molecule has 62 valence electrons. The maximum Gasteiger partial charge on any atom is 0.166 e. The molecule has 0 rings (SSSR count). The molecular formula is C6H14Cl2N2. The molecule has 0 aliphatic heterocycles. The van der Waals surface area contributed by atoms with Gasteiger partial charge < -0.3 is 11.5 Å². The zero-order valence-electron chi connectivity index (χ0n) is 6.32. The van der Waals surface area contributed by atoms with Crippen molar-refractivity contribution in [1.82, 2.24) is 0 Å². The number of hydrogen-bond donors (Lipinski definition) is 2. The molecule has 0 atom stereocenters. The second-order valence-electron chi connectivity index (χ2n) is 3.31. The molecule has 0 aromatic rings. The predicted molar refractivity (Wildman–Crippen MR) is 46.1 cm³/mol. The number of nitrogens with two attached hydrogens (primary N) is 2. The molecule has 0 radical (unpaired) electrons. The summed E-state index contributed by atoms with van der Waals surface area (Å²) in [6.45, 7) is 4.48. The van der Waals surface area contributed by atoms with Gasteiger partial charge in [-0.1, -0.05) is 37.0 Å². The van der Waals surface area contributed by atoms with Crippen LogP contribution in [-0.4, -0.2) is 11.0 Å². The molecule has 4 N–H and O–H groups in total. The molecule has 0 aliphatic carbocycles. The molecule has 0 spiro atoms. The summed E-state index contributed by atoms with van der Waals surface area (Å²) in [6.07, 6.45) is 0.500. The molecule has 2 nitrogen and oxygen atoms in total. The van der Waals surface area contributed by atoms with Crippen molar-refractivity contribution in [3.63, 3.8) is 0 Å². The van der Waals surface area contributed by atoms with Gasteiger partial charge in [-0.2, -0.15) is 0 Å². The Balaban J connectivity index is 3.89. The molecule has 0 unspecified atom stereocenters. The van der Waals surface area contributed by atoms with E-state index in [-0.39, 0.29) is 5.41 Å². The highest BCUT2D eigenvalue weighted by Gasteiger charge is 2.27. The smallest absolute Gasteiger partial charge is 0.166 e. The van der Waals surface area contributed by atoms with Gasteiger partial charge in [0.1, 0.15) is 0 Å². The van der Waals surface area contributed by atoms with Gasteiger partial charge in [-0.05, 0) is 18.4 Å². The second-order valence-corrected chi connectivity index (χ2v) is 4.85. The maximum absolute atomic E-state index is 5.58. The molecule has 0 bridgehead atoms. The highest BCUT2D eigenvalue weighted by Crippen LogP contribution is 2.30. The lowest BCUT2D eigenvalue weighted by Crippen LogP contribution is -2.36. The summed E-state index contributed by atoms with van der Waals surface area (Å²) < 4.78 is -1.15. The molecule has 0 aromatic carbocycles. The standard InChI is InChI=1S/C6H14Cl2N2/c1-5(2,4-9)3-6(7,8)10/h3-4,9-10H2,1-2H3. The minimum absolute atomic E-state index is 0.0851. The Bertz CT molecular complexity index is 107. The van der Waals surface area contributed by atoms with Gasteiger partial charge in [-0.15, -0.1) is 0 Å². The average molecular weight is 185 g/mol. The quantitative estimate of drug-likeness (QED) is 0.516. The lowest BCUT2D eigenvalue weighted by atomic mass is 9.89. The van der Waals surface area contributed by atoms with Crippen molar-refractivity contribution in [2.45, 2.75) is 24.7 Å². The summed E-state index contributed by atoms with van der Waals surface area (Å²) in [6, 6.07) is 0. The van der Waals surface area contributed by atoms with Crippen molar-refractivity contribution in [3.8, 4) is 0 Å². The van der Waals surface area contributed by atoms with Crippen LogP contribution in [0.2, 0.25) is 0 Å². The third-order valence-corrected chi connectivity index (χ3v) is 1.53. The van der Waals surface area contributed by atoms with E-state index in [0.717, 1.165) is 0 Å². The molecule has 0 aromatic heterocycles. The molecule has 0 fully saturated rings. The molecule has 0 aliphatic rings. The third kappa shape index (κ3) is 5.30. The lowest BCUT2D eigenvalue weighted by molar-refractivity contribution is 0.331. The van der Waals surface area contributed by atoms with E-state index in [1.54, 1.807) is 0 Å². The number of alkyl halides is 2. The van der Waals surface area contributed by atoms with Crippen LogP contribution >= 0.6 is 23.2 Å². The first kappa shape index (κ1) is 10.5. The zero-order valence-corrected chi connectivity index (χ0v) is 7.84. The van der Waals surface area contributed by atoms with Crippen LogP contribution in [0.25, 0.3) is 0 Å². The van der Waals surface area contributed by atoms with Gasteiger partial charge in [-0.3, -0.25) is 0 Å². The number of hydrogen-bond acceptors (Lipinski definition) is 2. The Morgan fingerprint density at radius 3 is 1.80 bits per heavy atom. The van der Waals surface area contributed by atoms with Gasteiger partial charge in [0.25, 0.3) is 0 Å². The highest BCUT2D eigenvalue weighted by molar-refractivity contribution is 6.47. The summed E-state index contributed by atoms with van der Waals surface area (Å²) in [5, 5.41) is 0. The summed E-state index contributed by atoms with van der Waals surface area (Å²) in [5.41, 5.74) is 10.7. The Morgan fingerprint density at radius 1 is 1.30 bits per heavy atom. The fourth-order valence-electron chi connectivity index (χ4n) is 0.710. The average Bonchev–Trinajstić information content (AvgIpc) is 1.60. The van der Waals surface area contributed by atoms with E-state index in [9.17, 15) is 0 Å². The molecule has 0 saturated heterocycles. The molecular weight excluding hydrogens is 171 g/mol. The van der Waals surface area contributed by atoms with Gasteiger partial charge in [0.05, 0.1) is 0 Å². The molecule has 10 heavy (non-hydrogen) atoms. The van der Waals surface area contributed by atoms with Crippen molar-refractivity contribution >= 4 is 23.2 Å². The number of halogens is 2.